The maximum atomic E-state index is 11.9. The Morgan fingerprint density at radius 3 is 2.12 bits per heavy atom. The summed E-state index contributed by atoms with van der Waals surface area (Å²) in [7, 11) is 0. The van der Waals surface area contributed by atoms with Gasteiger partial charge >= 0.3 is 5.97 Å². The molecule has 0 bridgehead atoms. The van der Waals surface area contributed by atoms with Crippen molar-refractivity contribution in [2.45, 2.75) is 26.2 Å². The molecule has 2 aromatic carbocycles. The van der Waals surface area contributed by atoms with Gasteiger partial charge in [0.25, 0.3) is 11.6 Å². The number of hydrogen-bond acceptors (Lipinski definition) is 7. The first-order valence-corrected chi connectivity index (χ1v) is 9.60. The Kier molecular flexibility index (Phi) is 8.84. The number of carbonyl (C=O) groups is 4. The van der Waals surface area contributed by atoms with Crippen molar-refractivity contribution >= 4 is 46.4 Å². The number of nitrogens with zero attached hydrogens (tertiary/aromatic N) is 1. The van der Waals surface area contributed by atoms with E-state index < -0.39 is 29.3 Å². The van der Waals surface area contributed by atoms with Gasteiger partial charge in [0.15, 0.2) is 6.61 Å². The van der Waals surface area contributed by atoms with Crippen LogP contribution in [0.4, 0.5) is 22.7 Å². The molecule has 0 atom stereocenters. The zero-order chi connectivity index (χ0) is 23.5. The van der Waals surface area contributed by atoms with Gasteiger partial charge < -0.3 is 20.7 Å². The van der Waals surface area contributed by atoms with Crippen LogP contribution in [-0.4, -0.2) is 35.2 Å². The van der Waals surface area contributed by atoms with Crippen molar-refractivity contribution in [2.75, 3.05) is 22.6 Å². The molecule has 0 spiro atoms. The van der Waals surface area contributed by atoms with Crippen LogP contribution in [0.3, 0.4) is 0 Å². The first-order valence-electron chi connectivity index (χ1n) is 9.60. The van der Waals surface area contributed by atoms with E-state index in [9.17, 15) is 29.3 Å². The molecular formula is C21H22N4O7. The van der Waals surface area contributed by atoms with Crippen LogP contribution in [0.5, 0.6) is 0 Å². The Hall–Kier alpha value is -4.28. The number of nitrogens with one attached hydrogen (secondary N) is 3. The largest absolute Gasteiger partial charge is 0.456 e. The number of ether oxygens (including phenoxy) is 1. The van der Waals surface area contributed by atoms with E-state index in [1.807, 2.05) is 0 Å². The monoisotopic (exact) mass is 442 g/mol. The maximum absolute atomic E-state index is 11.9. The van der Waals surface area contributed by atoms with Gasteiger partial charge in [0, 0.05) is 49.0 Å². The molecule has 11 nitrogen and oxygen atoms in total. The Morgan fingerprint density at radius 1 is 0.875 bits per heavy atom. The molecule has 0 aliphatic heterocycles. The Bertz CT molecular complexity index is 1010. The van der Waals surface area contributed by atoms with E-state index in [1.54, 1.807) is 24.3 Å². The highest BCUT2D eigenvalue weighted by Crippen LogP contribution is 2.17. The van der Waals surface area contributed by atoms with Crippen LogP contribution in [0.2, 0.25) is 0 Å². The summed E-state index contributed by atoms with van der Waals surface area (Å²) < 4.78 is 4.88. The van der Waals surface area contributed by atoms with Crippen molar-refractivity contribution in [3.8, 4) is 0 Å². The second-order valence-corrected chi connectivity index (χ2v) is 6.68. The Balaban J connectivity index is 1.66. The van der Waals surface area contributed by atoms with Crippen molar-refractivity contribution in [3.63, 3.8) is 0 Å². The highest BCUT2D eigenvalue weighted by atomic mass is 16.6. The molecule has 0 aliphatic carbocycles. The van der Waals surface area contributed by atoms with Crippen molar-refractivity contribution in [3.05, 3.63) is 58.6 Å². The van der Waals surface area contributed by atoms with E-state index in [4.69, 9.17) is 4.74 Å². The quantitative estimate of drug-likeness (QED) is 0.290. The summed E-state index contributed by atoms with van der Waals surface area (Å²) in [6.07, 6.45) is 0.123. The molecule has 0 fully saturated rings. The lowest BCUT2D eigenvalue weighted by Crippen LogP contribution is -2.21. The first kappa shape index (κ1) is 24.0. The van der Waals surface area contributed by atoms with Crippen LogP contribution >= 0.6 is 0 Å². The fraction of sp³-hybridized carbons (Fsp3) is 0.238. The van der Waals surface area contributed by atoms with Gasteiger partial charge in [-0.25, -0.2) is 0 Å². The molecule has 3 N–H and O–H groups in total. The van der Waals surface area contributed by atoms with E-state index in [-0.39, 0.29) is 36.5 Å². The second-order valence-electron chi connectivity index (χ2n) is 6.68. The van der Waals surface area contributed by atoms with E-state index in [0.717, 1.165) is 0 Å². The zero-order valence-electron chi connectivity index (χ0n) is 17.3. The number of esters is 1. The number of nitro benzene ring substituents is 1. The fourth-order valence-electron chi connectivity index (χ4n) is 2.57. The SMILES string of the molecule is CC(=O)Nc1ccc(NC(=O)COC(=O)CCCC(=O)Nc2cccc([N+](=O)[O-])c2)cc1. The van der Waals surface area contributed by atoms with Crippen LogP contribution in [-0.2, 0) is 23.9 Å². The van der Waals surface area contributed by atoms with Gasteiger partial charge in [-0.1, -0.05) is 6.07 Å². The zero-order valence-corrected chi connectivity index (χ0v) is 17.3. The molecule has 2 rings (SSSR count). The minimum atomic E-state index is -0.635. The average molecular weight is 442 g/mol. The van der Waals surface area contributed by atoms with Crippen LogP contribution in [0.25, 0.3) is 0 Å². The third-order valence-electron chi connectivity index (χ3n) is 3.98. The summed E-state index contributed by atoms with van der Waals surface area (Å²) in [5, 5.41) is 18.4. The molecule has 0 aliphatic rings. The van der Waals surface area contributed by atoms with Gasteiger partial charge in [-0.15, -0.1) is 0 Å². The molecular weight excluding hydrogens is 420 g/mol. The van der Waals surface area contributed by atoms with E-state index in [0.29, 0.717) is 11.4 Å². The molecule has 0 saturated carbocycles. The predicted octanol–water partition coefficient (Wildman–Crippen LogP) is 2.84. The standard InChI is InChI=1S/C21H22N4O7/c1-14(26)22-15-8-10-16(11-9-15)23-20(28)13-32-21(29)7-3-6-19(27)24-17-4-2-5-18(12-17)25(30)31/h2,4-5,8-12H,3,6-7,13H2,1H3,(H,22,26)(H,23,28)(H,24,27). The number of non-ortho nitro benzene ring substituents is 1. The molecule has 168 valence electrons. The molecule has 2 aromatic rings. The number of amides is 3. The van der Waals surface area contributed by atoms with Gasteiger partial charge in [0.1, 0.15) is 0 Å². The maximum Gasteiger partial charge on any atom is 0.306 e. The second kappa shape index (κ2) is 11.8. The van der Waals surface area contributed by atoms with Gasteiger partial charge in [0.05, 0.1) is 4.92 Å². The van der Waals surface area contributed by atoms with Crippen LogP contribution in [0.15, 0.2) is 48.5 Å². The molecule has 0 radical (unpaired) electrons. The highest BCUT2D eigenvalue weighted by molar-refractivity contribution is 5.94. The van der Waals surface area contributed by atoms with Gasteiger partial charge in [-0.3, -0.25) is 29.3 Å². The van der Waals surface area contributed by atoms with Crippen molar-refractivity contribution in [1.82, 2.24) is 0 Å². The normalized spacial score (nSPS) is 10.0. The summed E-state index contributed by atoms with van der Waals surface area (Å²) in [5.41, 5.74) is 1.19. The summed E-state index contributed by atoms with van der Waals surface area (Å²) in [6, 6.07) is 11.9. The van der Waals surface area contributed by atoms with Crippen molar-refractivity contribution in [1.29, 1.82) is 0 Å². The minimum Gasteiger partial charge on any atom is -0.456 e. The fourth-order valence-corrected chi connectivity index (χ4v) is 2.57. The first-order chi connectivity index (χ1) is 15.2. The lowest BCUT2D eigenvalue weighted by atomic mass is 10.2. The third kappa shape index (κ3) is 8.61. The number of hydrogen-bond donors (Lipinski definition) is 3. The topological polar surface area (TPSA) is 157 Å². The molecule has 0 saturated heterocycles. The Labute approximate surface area is 183 Å². The number of anilines is 3. The van der Waals surface area contributed by atoms with E-state index in [2.05, 4.69) is 16.0 Å². The molecule has 11 heteroatoms. The molecule has 32 heavy (non-hydrogen) atoms. The lowest BCUT2D eigenvalue weighted by molar-refractivity contribution is -0.384. The summed E-state index contributed by atoms with van der Waals surface area (Å²) in [6.45, 7) is 0.903. The molecule has 0 heterocycles. The summed E-state index contributed by atoms with van der Waals surface area (Å²) in [4.78, 5) is 56.7. The van der Waals surface area contributed by atoms with Crippen molar-refractivity contribution in [2.24, 2.45) is 0 Å². The number of benzene rings is 2. The highest BCUT2D eigenvalue weighted by Gasteiger charge is 2.11. The van der Waals surface area contributed by atoms with E-state index >= 15 is 0 Å². The third-order valence-corrected chi connectivity index (χ3v) is 3.98. The number of carbonyl (C=O) groups excluding carboxylic acids is 4. The van der Waals surface area contributed by atoms with Crippen molar-refractivity contribution < 1.29 is 28.8 Å². The van der Waals surface area contributed by atoms with Crippen LogP contribution in [0.1, 0.15) is 26.2 Å². The van der Waals surface area contributed by atoms with Gasteiger partial charge in [-0.05, 0) is 36.8 Å². The van der Waals surface area contributed by atoms with Gasteiger partial charge in [-0.2, -0.15) is 0 Å². The number of rotatable bonds is 10. The minimum absolute atomic E-state index is 0.00460. The van der Waals surface area contributed by atoms with E-state index in [1.165, 1.54) is 31.2 Å². The summed E-state index contributed by atoms with van der Waals surface area (Å²) >= 11 is 0. The molecule has 0 aromatic heterocycles. The van der Waals surface area contributed by atoms with Crippen LogP contribution in [0, 0.1) is 10.1 Å². The summed E-state index contributed by atoms with van der Waals surface area (Å²) in [5.74, 6) is -1.78. The average Bonchev–Trinajstić information content (AvgIpc) is 2.73. The van der Waals surface area contributed by atoms with Gasteiger partial charge in [0.2, 0.25) is 11.8 Å². The molecule has 0 unspecified atom stereocenters. The molecule has 3 amide bonds. The Morgan fingerprint density at radius 2 is 1.50 bits per heavy atom. The van der Waals surface area contributed by atoms with Crippen LogP contribution < -0.4 is 16.0 Å². The lowest BCUT2D eigenvalue weighted by Gasteiger charge is -2.08. The predicted molar refractivity (Wildman–Crippen MR) is 116 cm³/mol. The smallest absolute Gasteiger partial charge is 0.306 e. The number of nitro groups is 1.